The molecule has 10 nitrogen and oxygen atoms in total. The summed E-state index contributed by atoms with van der Waals surface area (Å²) >= 11 is 0. The van der Waals surface area contributed by atoms with Gasteiger partial charge in [0.15, 0.2) is 17.5 Å². The molecule has 0 aliphatic rings. The van der Waals surface area contributed by atoms with Crippen LogP contribution in [0.3, 0.4) is 0 Å². The minimum absolute atomic E-state index is 0.0556. The van der Waals surface area contributed by atoms with Crippen molar-refractivity contribution in [3.63, 3.8) is 0 Å². The molecular weight excluding hydrogens is 379 g/mol. The summed E-state index contributed by atoms with van der Waals surface area (Å²) in [6.45, 7) is 0.295. The van der Waals surface area contributed by atoms with E-state index in [1.165, 1.54) is 10.7 Å². The van der Waals surface area contributed by atoms with Crippen molar-refractivity contribution >= 4 is 34.3 Å². The number of carboxylic acid groups (broad SMARTS) is 1. The summed E-state index contributed by atoms with van der Waals surface area (Å²) in [6, 6.07) is 8.16. The van der Waals surface area contributed by atoms with Crippen molar-refractivity contribution in [1.82, 2.24) is 24.7 Å². The minimum atomic E-state index is -1.35. The third-order valence-corrected chi connectivity index (χ3v) is 4.21. The number of halogens is 1. The molecule has 0 aliphatic heterocycles. The number of hydrogen-bond acceptors (Lipinski definition) is 7. The van der Waals surface area contributed by atoms with E-state index < -0.39 is 11.9 Å². The number of nitrogens with zero attached hydrogens (tertiary/aromatic N) is 5. The molecule has 0 atom stereocenters. The lowest BCUT2D eigenvalue weighted by Crippen LogP contribution is -2.14. The summed E-state index contributed by atoms with van der Waals surface area (Å²) in [5.41, 5.74) is 13.0. The fraction of sp³-hybridized carbons (Fsp3) is 0.0556. The molecule has 3 aromatic heterocycles. The van der Waals surface area contributed by atoms with Crippen LogP contribution in [0.25, 0.3) is 22.4 Å². The molecule has 0 spiro atoms. The lowest BCUT2D eigenvalue weighted by Gasteiger charge is -2.08. The normalized spacial score (nSPS) is 10.9. The van der Waals surface area contributed by atoms with E-state index in [-0.39, 0.29) is 34.4 Å². The maximum atomic E-state index is 14.6. The highest BCUT2D eigenvalue weighted by atomic mass is 19.1. The number of fused-ring (bicyclic) bond motifs is 1. The van der Waals surface area contributed by atoms with Gasteiger partial charge in [-0.2, -0.15) is 5.10 Å². The summed E-state index contributed by atoms with van der Waals surface area (Å²) < 4.78 is 16.1. The predicted octanol–water partition coefficient (Wildman–Crippen LogP) is 2.33. The Morgan fingerprint density at radius 2 is 1.83 bits per heavy atom. The van der Waals surface area contributed by atoms with Gasteiger partial charge in [-0.05, 0) is 23.8 Å². The number of anilines is 3. The molecule has 4 aromatic rings. The minimum Gasteiger partial charge on any atom is -0.465 e. The van der Waals surface area contributed by atoms with Crippen LogP contribution >= 0.6 is 0 Å². The number of carbonyl (C=O) groups is 1. The van der Waals surface area contributed by atoms with Crippen LogP contribution in [-0.4, -0.2) is 35.9 Å². The molecule has 29 heavy (non-hydrogen) atoms. The SMILES string of the molecule is Nc1nc(-c2nn(Cc3ccncc3)c3c(F)cccc23)nc(N)c1NC(=O)O. The smallest absolute Gasteiger partial charge is 0.409 e. The van der Waals surface area contributed by atoms with E-state index in [2.05, 4.69) is 25.4 Å². The van der Waals surface area contributed by atoms with Crippen molar-refractivity contribution in [2.75, 3.05) is 16.8 Å². The summed E-state index contributed by atoms with van der Waals surface area (Å²) in [6.07, 6.45) is 1.92. The van der Waals surface area contributed by atoms with Crippen LogP contribution in [0, 0.1) is 5.82 Å². The summed E-state index contributed by atoms with van der Waals surface area (Å²) in [4.78, 5) is 23.1. The van der Waals surface area contributed by atoms with Gasteiger partial charge in [0.05, 0.1) is 6.54 Å². The second-order valence-corrected chi connectivity index (χ2v) is 6.12. The van der Waals surface area contributed by atoms with E-state index in [9.17, 15) is 9.18 Å². The third kappa shape index (κ3) is 3.36. The molecule has 146 valence electrons. The van der Waals surface area contributed by atoms with Crippen molar-refractivity contribution in [1.29, 1.82) is 0 Å². The van der Waals surface area contributed by atoms with Crippen molar-refractivity contribution < 1.29 is 14.3 Å². The van der Waals surface area contributed by atoms with Crippen LogP contribution in [0.5, 0.6) is 0 Å². The van der Waals surface area contributed by atoms with Gasteiger partial charge in [-0.15, -0.1) is 0 Å². The van der Waals surface area contributed by atoms with E-state index in [1.54, 1.807) is 36.7 Å². The number of nitrogens with two attached hydrogens (primary N) is 2. The molecule has 0 fully saturated rings. The zero-order valence-corrected chi connectivity index (χ0v) is 14.9. The van der Waals surface area contributed by atoms with Crippen LogP contribution in [0.1, 0.15) is 5.56 Å². The number of benzene rings is 1. The average molecular weight is 394 g/mol. The molecule has 0 unspecified atom stereocenters. The fourth-order valence-electron chi connectivity index (χ4n) is 2.97. The van der Waals surface area contributed by atoms with Gasteiger partial charge < -0.3 is 16.6 Å². The van der Waals surface area contributed by atoms with Crippen molar-refractivity contribution in [2.45, 2.75) is 6.54 Å². The molecule has 6 N–H and O–H groups in total. The number of aromatic nitrogens is 5. The van der Waals surface area contributed by atoms with Gasteiger partial charge in [-0.3, -0.25) is 15.0 Å². The van der Waals surface area contributed by atoms with E-state index in [0.29, 0.717) is 11.9 Å². The van der Waals surface area contributed by atoms with Gasteiger partial charge in [0.1, 0.15) is 22.7 Å². The van der Waals surface area contributed by atoms with Gasteiger partial charge in [0.2, 0.25) is 0 Å². The molecule has 0 radical (unpaired) electrons. The Balaban J connectivity index is 1.87. The lowest BCUT2D eigenvalue weighted by molar-refractivity contribution is 0.209. The van der Waals surface area contributed by atoms with Gasteiger partial charge in [0.25, 0.3) is 0 Å². The number of para-hydroxylation sites is 1. The van der Waals surface area contributed by atoms with Crippen molar-refractivity contribution in [3.05, 3.63) is 54.1 Å². The first-order chi connectivity index (χ1) is 13.9. The largest absolute Gasteiger partial charge is 0.465 e. The average Bonchev–Trinajstić information content (AvgIpc) is 3.05. The Hall–Kier alpha value is -4.28. The second-order valence-electron chi connectivity index (χ2n) is 6.12. The molecule has 0 saturated carbocycles. The maximum Gasteiger partial charge on any atom is 0.409 e. The van der Waals surface area contributed by atoms with E-state index in [1.807, 2.05) is 0 Å². The third-order valence-electron chi connectivity index (χ3n) is 4.21. The van der Waals surface area contributed by atoms with Gasteiger partial charge in [-0.25, -0.2) is 19.2 Å². The first-order valence-electron chi connectivity index (χ1n) is 8.41. The summed E-state index contributed by atoms with van der Waals surface area (Å²) in [5.74, 6) is -0.730. The molecular formula is C18H15FN8O2. The topological polar surface area (TPSA) is 158 Å². The number of amides is 1. The molecule has 0 bridgehead atoms. The quantitative estimate of drug-likeness (QED) is 0.410. The maximum absolute atomic E-state index is 14.6. The van der Waals surface area contributed by atoms with Gasteiger partial charge >= 0.3 is 6.09 Å². The number of nitrogen functional groups attached to an aromatic ring is 2. The zero-order valence-electron chi connectivity index (χ0n) is 14.9. The van der Waals surface area contributed by atoms with Crippen LogP contribution in [0.4, 0.5) is 26.5 Å². The highest BCUT2D eigenvalue weighted by Gasteiger charge is 2.20. The monoisotopic (exact) mass is 394 g/mol. The second kappa shape index (κ2) is 7.03. The Bertz CT molecular complexity index is 1200. The molecule has 1 amide bonds. The molecule has 0 aliphatic carbocycles. The molecule has 4 rings (SSSR count). The van der Waals surface area contributed by atoms with Crippen molar-refractivity contribution in [3.8, 4) is 11.5 Å². The fourth-order valence-corrected chi connectivity index (χ4v) is 2.97. The van der Waals surface area contributed by atoms with E-state index in [4.69, 9.17) is 16.6 Å². The molecule has 11 heteroatoms. The zero-order chi connectivity index (χ0) is 20.5. The number of rotatable bonds is 4. The van der Waals surface area contributed by atoms with Crippen LogP contribution < -0.4 is 16.8 Å². The van der Waals surface area contributed by atoms with Gasteiger partial charge in [0, 0.05) is 17.8 Å². The molecule has 3 heterocycles. The Morgan fingerprint density at radius 1 is 1.14 bits per heavy atom. The number of pyridine rings is 1. The number of nitrogens with one attached hydrogen (secondary N) is 1. The summed E-state index contributed by atoms with van der Waals surface area (Å²) in [7, 11) is 0. The highest BCUT2D eigenvalue weighted by molar-refractivity contribution is 5.95. The first kappa shape index (κ1) is 18.1. The van der Waals surface area contributed by atoms with Crippen LogP contribution in [-0.2, 0) is 6.54 Å². The highest BCUT2D eigenvalue weighted by Crippen LogP contribution is 2.31. The Kier molecular flexibility index (Phi) is 4.39. The van der Waals surface area contributed by atoms with E-state index >= 15 is 0 Å². The Labute approximate surface area is 163 Å². The van der Waals surface area contributed by atoms with E-state index in [0.717, 1.165) is 5.56 Å². The molecule has 1 aromatic carbocycles. The number of hydrogen-bond donors (Lipinski definition) is 4. The lowest BCUT2D eigenvalue weighted by atomic mass is 10.2. The molecule has 0 saturated heterocycles. The summed E-state index contributed by atoms with van der Waals surface area (Å²) in [5, 5.41) is 15.9. The van der Waals surface area contributed by atoms with Gasteiger partial charge in [-0.1, -0.05) is 12.1 Å². The standard InChI is InChI=1S/C18H15FN8O2/c19-11-3-1-2-10-12(17-24-15(20)13(16(21)25-17)23-18(28)29)26-27(14(10)11)8-9-4-6-22-7-5-9/h1-7,23H,8H2,(H,28,29)(H4,20,21,24,25). The van der Waals surface area contributed by atoms with Crippen LogP contribution in [0.15, 0.2) is 42.7 Å². The van der Waals surface area contributed by atoms with Crippen molar-refractivity contribution in [2.24, 2.45) is 0 Å². The predicted molar refractivity (Wildman–Crippen MR) is 105 cm³/mol. The first-order valence-corrected chi connectivity index (χ1v) is 8.41. The Morgan fingerprint density at radius 3 is 2.48 bits per heavy atom. The van der Waals surface area contributed by atoms with Crippen LogP contribution in [0.2, 0.25) is 0 Å².